The van der Waals surface area contributed by atoms with Crippen LogP contribution in [0.1, 0.15) is 44.2 Å². The van der Waals surface area contributed by atoms with Crippen molar-refractivity contribution in [3.8, 4) is 28.8 Å². The monoisotopic (exact) mass is 404 g/mol. The van der Waals surface area contributed by atoms with E-state index in [9.17, 15) is 0 Å². The number of methoxy groups -OCH3 is 1. The van der Waals surface area contributed by atoms with Gasteiger partial charge in [0.05, 0.1) is 36.9 Å². The number of benzene rings is 1. The fourth-order valence-corrected chi connectivity index (χ4v) is 3.68. The molecule has 1 saturated carbocycles. The summed E-state index contributed by atoms with van der Waals surface area (Å²) in [6, 6.07) is 9.65. The van der Waals surface area contributed by atoms with Crippen LogP contribution in [-0.4, -0.2) is 33.4 Å². The summed E-state index contributed by atoms with van der Waals surface area (Å²) in [7, 11) is 1.65. The average molecular weight is 404 g/mol. The number of nitrogens with one attached hydrogen (secondary N) is 2. The van der Waals surface area contributed by atoms with Gasteiger partial charge in [-0.05, 0) is 37.8 Å². The quantitative estimate of drug-likeness (QED) is 0.578. The van der Waals surface area contributed by atoms with Crippen LogP contribution in [0.4, 0.5) is 11.6 Å². The third kappa shape index (κ3) is 4.51. The van der Waals surface area contributed by atoms with Gasteiger partial charge in [0.1, 0.15) is 23.4 Å². The second-order valence-corrected chi connectivity index (χ2v) is 7.26. The van der Waals surface area contributed by atoms with E-state index in [4.69, 9.17) is 14.7 Å². The first kappa shape index (κ1) is 19.7. The molecule has 3 aromatic rings. The number of rotatable bonds is 6. The summed E-state index contributed by atoms with van der Waals surface area (Å²) in [5, 5.41) is 19.3. The van der Waals surface area contributed by atoms with E-state index in [2.05, 4.69) is 25.5 Å². The highest BCUT2D eigenvalue weighted by Crippen LogP contribution is 2.39. The Labute approximate surface area is 175 Å². The zero-order valence-electron chi connectivity index (χ0n) is 16.9. The summed E-state index contributed by atoms with van der Waals surface area (Å²) in [5.74, 6) is 2.58. The van der Waals surface area contributed by atoms with Gasteiger partial charge in [-0.2, -0.15) is 10.4 Å². The Morgan fingerprint density at radius 3 is 2.57 bits per heavy atom. The predicted octanol–water partition coefficient (Wildman–Crippen LogP) is 4.59. The molecule has 0 spiro atoms. The summed E-state index contributed by atoms with van der Waals surface area (Å²) in [6.45, 7) is 0. The van der Waals surface area contributed by atoms with Crippen molar-refractivity contribution in [2.24, 2.45) is 0 Å². The highest BCUT2D eigenvalue weighted by atomic mass is 16.5. The van der Waals surface area contributed by atoms with E-state index in [1.54, 1.807) is 7.11 Å². The van der Waals surface area contributed by atoms with Gasteiger partial charge in [-0.15, -0.1) is 0 Å². The average Bonchev–Trinajstić information content (AvgIpc) is 3.08. The third-order valence-corrected chi connectivity index (χ3v) is 5.17. The molecule has 1 fully saturated rings. The van der Waals surface area contributed by atoms with Gasteiger partial charge in [-0.25, -0.2) is 9.97 Å². The van der Waals surface area contributed by atoms with Gasteiger partial charge in [0.25, 0.3) is 0 Å². The highest BCUT2D eigenvalue weighted by Gasteiger charge is 2.20. The second kappa shape index (κ2) is 9.27. The van der Waals surface area contributed by atoms with Crippen molar-refractivity contribution < 1.29 is 9.47 Å². The zero-order chi connectivity index (χ0) is 20.8. The first-order valence-corrected chi connectivity index (χ1v) is 10.2. The Morgan fingerprint density at radius 2 is 1.87 bits per heavy atom. The summed E-state index contributed by atoms with van der Waals surface area (Å²) in [5.41, 5.74) is 1.88. The number of H-pyrrole nitrogens is 1. The molecule has 2 N–H and O–H groups in total. The maximum Gasteiger partial charge on any atom is 0.158 e. The molecule has 0 radical (unpaired) electrons. The predicted molar refractivity (Wildman–Crippen MR) is 113 cm³/mol. The molecule has 2 heterocycles. The van der Waals surface area contributed by atoms with E-state index in [0.717, 1.165) is 35.6 Å². The second-order valence-electron chi connectivity index (χ2n) is 7.26. The normalized spacial score (nSPS) is 14.5. The van der Waals surface area contributed by atoms with Gasteiger partial charge < -0.3 is 14.8 Å². The molecule has 1 aliphatic carbocycles. The minimum absolute atomic E-state index is 0.216. The zero-order valence-corrected chi connectivity index (χ0v) is 16.9. The molecule has 0 amide bonds. The largest absolute Gasteiger partial charge is 0.496 e. The Morgan fingerprint density at radius 1 is 1.07 bits per heavy atom. The number of nitriles is 1. The molecule has 1 aromatic carbocycles. The van der Waals surface area contributed by atoms with Gasteiger partial charge in [-0.1, -0.05) is 18.9 Å². The lowest BCUT2D eigenvalue weighted by Gasteiger charge is -2.20. The van der Waals surface area contributed by atoms with E-state index in [0.29, 0.717) is 11.6 Å². The van der Waals surface area contributed by atoms with E-state index in [-0.39, 0.29) is 11.8 Å². The lowest BCUT2D eigenvalue weighted by atomic mass is 10.1. The summed E-state index contributed by atoms with van der Waals surface area (Å²) < 4.78 is 12.0. The molecule has 1 aliphatic rings. The minimum Gasteiger partial charge on any atom is -0.496 e. The smallest absolute Gasteiger partial charge is 0.158 e. The van der Waals surface area contributed by atoms with Gasteiger partial charge in [0, 0.05) is 6.07 Å². The number of hydrogen-bond acceptors (Lipinski definition) is 7. The molecule has 30 heavy (non-hydrogen) atoms. The standard InChI is InChI=1S/C22H24N6O2/c1-29-18-9-6-10-19(30-16-7-4-2-3-5-8-16)22(18)17-11-20(28-27-17)26-21-14-24-15(12-23)13-25-21/h6,9-11,13-14,16H,2-5,7-8H2,1H3,(H2,25,26,27,28). The summed E-state index contributed by atoms with van der Waals surface area (Å²) in [6.07, 6.45) is 10.2. The molecule has 2 aromatic heterocycles. The Kier molecular flexibility index (Phi) is 6.09. The van der Waals surface area contributed by atoms with Crippen LogP contribution in [-0.2, 0) is 0 Å². The molecule has 0 unspecified atom stereocenters. The molecule has 0 bridgehead atoms. The molecule has 4 rings (SSSR count). The lowest BCUT2D eigenvalue weighted by molar-refractivity contribution is 0.184. The molecule has 8 nitrogen and oxygen atoms in total. The van der Waals surface area contributed by atoms with Crippen molar-refractivity contribution in [3.05, 3.63) is 42.4 Å². The van der Waals surface area contributed by atoms with Gasteiger partial charge in [-0.3, -0.25) is 5.10 Å². The van der Waals surface area contributed by atoms with Gasteiger partial charge in [0.2, 0.25) is 0 Å². The van der Waals surface area contributed by atoms with E-state index in [1.165, 1.54) is 38.1 Å². The van der Waals surface area contributed by atoms with Crippen molar-refractivity contribution in [2.75, 3.05) is 12.4 Å². The van der Waals surface area contributed by atoms with Gasteiger partial charge in [0.15, 0.2) is 11.5 Å². The number of anilines is 2. The highest BCUT2D eigenvalue weighted by molar-refractivity contribution is 5.76. The van der Waals surface area contributed by atoms with Crippen LogP contribution in [0.25, 0.3) is 11.3 Å². The van der Waals surface area contributed by atoms with Crippen LogP contribution < -0.4 is 14.8 Å². The summed E-state index contributed by atoms with van der Waals surface area (Å²) in [4.78, 5) is 8.17. The lowest BCUT2D eigenvalue weighted by Crippen LogP contribution is -2.15. The van der Waals surface area contributed by atoms with Crippen LogP contribution >= 0.6 is 0 Å². The van der Waals surface area contributed by atoms with Crippen LogP contribution in [0.15, 0.2) is 36.7 Å². The van der Waals surface area contributed by atoms with E-state index < -0.39 is 0 Å². The van der Waals surface area contributed by atoms with Crippen LogP contribution in [0.3, 0.4) is 0 Å². The maximum absolute atomic E-state index is 8.84. The number of aromatic nitrogens is 4. The van der Waals surface area contributed by atoms with E-state index >= 15 is 0 Å². The Hall–Kier alpha value is -3.60. The third-order valence-electron chi connectivity index (χ3n) is 5.17. The molecule has 0 atom stereocenters. The molecular weight excluding hydrogens is 380 g/mol. The van der Waals surface area contributed by atoms with Crippen LogP contribution in [0.2, 0.25) is 0 Å². The minimum atomic E-state index is 0.216. The molecule has 8 heteroatoms. The van der Waals surface area contributed by atoms with Crippen molar-refractivity contribution in [1.82, 2.24) is 20.2 Å². The van der Waals surface area contributed by atoms with Gasteiger partial charge >= 0.3 is 0 Å². The van der Waals surface area contributed by atoms with Crippen molar-refractivity contribution >= 4 is 11.6 Å². The first-order chi connectivity index (χ1) is 14.8. The maximum atomic E-state index is 8.84. The molecule has 0 saturated heterocycles. The fraction of sp³-hybridized carbons (Fsp3) is 0.364. The first-order valence-electron chi connectivity index (χ1n) is 10.2. The Balaban J connectivity index is 1.58. The fourth-order valence-electron chi connectivity index (χ4n) is 3.68. The van der Waals surface area contributed by atoms with Crippen molar-refractivity contribution in [3.63, 3.8) is 0 Å². The number of aromatic amines is 1. The topological polar surface area (TPSA) is 109 Å². The van der Waals surface area contributed by atoms with Crippen LogP contribution in [0.5, 0.6) is 11.5 Å². The van der Waals surface area contributed by atoms with Crippen molar-refractivity contribution in [1.29, 1.82) is 5.26 Å². The molecule has 154 valence electrons. The summed E-state index contributed by atoms with van der Waals surface area (Å²) >= 11 is 0. The number of hydrogen-bond donors (Lipinski definition) is 2. The van der Waals surface area contributed by atoms with Crippen molar-refractivity contribution in [2.45, 2.75) is 44.6 Å². The van der Waals surface area contributed by atoms with Crippen LogP contribution in [0, 0.1) is 11.3 Å². The SMILES string of the molecule is COc1cccc(OC2CCCCCC2)c1-c1cc(Nc2cnc(C#N)cn2)n[nH]1. The molecule has 0 aliphatic heterocycles. The number of ether oxygens (including phenoxy) is 2. The number of nitrogens with zero attached hydrogens (tertiary/aromatic N) is 4. The Bertz CT molecular complexity index is 1020. The molecular formula is C22H24N6O2. The van der Waals surface area contributed by atoms with E-state index in [1.807, 2.05) is 30.3 Å².